The molecule has 14 heteroatoms. The molecule has 0 radical (unpaired) electrons. The van der Waals surface area contributed by atoms with E-state index in [0.29, 0.717) is 11.3 Å². The molecule has 1 saturated heterocycles. The van der Waals surface area contributed by atoms with Crippen molar-refractivity contribution in [2.45, 2.75) is 31.8 Å². The molecule has 0 saturated carbocycles. The number of phosphoric acid groups is 1. The van der Waals surface area contributed by atoms with Crippen LogP contribution in [0.15, 0.2) is 41.3 Å². The Morgan fingerprint density at radius 3 is 2.55 bits per heavy atom. The molecular weight excluding hydrogens is 461 g/mol. The number of ether oxygens (including phenoxy) is 3. The average Bonchev–Trinajstić information content (AvgIpc) is 3.13. The summed E-state index contributed by atoms with van der Waals surface area (Å²) in [5.74, 6) is -0.523. The number of aromatic nitrogens is 2. The smallest absolute Gasteiger partial charge is 0.469 e. The molecule has 0 aliphatic carbocycles. The van der Waals surface area contributed by atoms with Crippen molar-refractivity contribution >= 4 is 25.5 Å². The van der Waals surface area contributed by atoms with Gasteiger partial charge in [-0.05, 0) is 30.3 Å². The molecule has 1 amide bonds. The van der Waals surface area contributed by atoms with Gasteiger partial charge in [0.15, 0.2) is 0 Å². The molecule has 1 aliphatic heterocycles. The second kappa shape index (κ2) is 10.2. The number of rotatable bonds is 8. The Labute approximate surface area is 187 Å². The molecule has 1 fully saturated rings. The minimum atomic E-state index is -4.78. The van der Waals surface area contributed by atoms with Gasteiger partial charge in [0.1, 0.15) is 30.0 Å². The van der Waals surface area contributed by atoms with Gasteiger partial charge in [-0.25, -0.2) is 9.36 Å². The average molecular weight is 483 g/mol. The van der Waals surface area contributed by atoms with Gasteiger partial charge in [0.05, 0.1) is 13.7 Å². The first kappa shape index (κ1) is 24.6. The lowest BCUT2D eigenvalue weighted by Crippen LogP contribution is -2.30. The van der Waals surface area contributed by atoms with Crippen LogP contribution in [0.3, 0.4) is 0 Å². The first-order valence-corrected chi connectivity index (χ1v) is 11.2. The van der Waals surface area contributed by atoms with Gasteiger partial charge in [0.2, 0.25) is 0 Å². The molecule has 13 nitrogen and oxygen atoms in total. The van der Waals surface area contributed by atoms with Gasteiger partial charge in [0.25, 0.3) is 5.91 Å². The van der Waals surface area contributed by atoms with Crippen molar-refractivity contribution in [2.75, 3.05) is 19.0 Å². The molecule has 0 spiro atoms. The van der Waals surface area contributed by atoms with E-state index >= 15 is 0 Å². The maximum atomic E-state index is 12.5. The predicted molar refractivity (Wildman–Crippen MR) is 112 cm³/mol. The molecule has 1 aromatic heterocycles. The van der Waals surface area contributed by atoms with Crippen LogP contribution >= 0.6 is 7.82 Å². The molecule has 1 aromatic carbocycles. The SMILES string of the molecule is COc1ccc(C(=O)Nc2ccn([C@H]3C[C@@H](OC(C)=O)[C@@H](COP(=O)(O)O)O3)c(=O)n2)cc1. The second-order valence-corrected chi connectivity index (χ2v) is 8.22. The summed E-state index contributed by atoms with van der Waals surface area (Å²) in [6.45, 7) is 0.610. The third-order valence-electron chi connectivity index (χ3n) is 4.64. The number of hydrogen-bond donors (Lipinski definition) is 3. The van der Waals surface area contributed by atoms with Crippen molar-refractivity contribution in [3.05, 3.63) is 52.6 Å². The normalized spacial score (nSPS) is 20.3. The van der Waals surface area contributed by atoms with Crippen LogP contribution in [-0.2, 0) is 23.4 Å². The fraction of sp³-hybridized carbons (Fsp3) is 0.368. The van der Waals surface area contributed by atoms with E-state index < -0.39 is 50.4 Å². The van der Waals surface area contributed by atoms with Crippen LogP contribution in [0, 0.1) is 0 Å². The second-order valence-electron chi connectivity index (χ2n) is 6.98. The Kier molecular flexibility index (Phi) is 7.61. The van der Waals surface area contributed by atoms with Crippen LogP contribution in [0.2, 0.25) is 0 Å². The van der Waals surface area contributed by atoms with Crippen LogP contribution in [0.4, 0.5) is 5.82 Å². The van der Waals surface area contributed by atoms with Crippen molar-refractivity contribution in [3.63, 3.8) is 0 Å². The van der Waals surface area contributed by atoms with Gasteiger partial charge in [-0.2, -0.15) is 4.98 Å². The largest absolute Gasteiger partial charge is 0.497 e. The number of benzene rings is 1. The van der Waals surface area contributed by atoms with Gasteiger partial charge in [0, 0.05) is 25.1 Å². The Morgan fingerprint density at radius 1 is 1.27 bits per heavy atom. The Bertz CT molecular complexity index is 1110. The zero-order chi connectivity index (χ0) is 24.2. The summed E-state index contributed by atoms with van der Waals surface area (Å²) >= 11 is 0. The lowest BCUT2D eigenvalue weighted by Gasteiger charge is -2.18. The van der Waals surface area contributed by atoms with Gasteiger partial charge in [-0.1, -0.05) is 0 Å². The summed E-state index contributed by atoms with van der Waals surface area (Å²) in [7, 11) is -3.28. The number of anilines is 1. The molecule has 3 rings (SSSR count). The van der Waals surface area contributed by atoms with E-state index in [1.54, 1.807) is 24.3 Å². The monoisotopic (exact) mass is 483 g/mol. The third-order valence-corrected chi connectivity index (χ3v) is 5.12. The van der Waals surface area contributed by atoms with Crippen LogP contribution < -0.4 is 15.7 Å². The van der Waals surface area contributed by atoms with E-state index in [1.165, 1.54) is 26.3 Å². The molecular formula is C19H22N3O10P. The maximum absolute atomic E-state index is 12.5. The third kappa shape index (κ3) is 6.70. The zero-order valence-corrected chi connectivity index (χ0v) is 18.5. The van der Waals surface area contributed by atoms with Gasteiger partial charge in [-0.15, -0.1) is 0 Å². The van der Waals surface area contributed by atoms with Gasteiger partial charge >= 0.3 is 19.5 Å². The number of carbonyl (C=O) groups excluding carboxylic acids is 2. The molecule has 33 heavy (non-hydrogen) atoms. The number of nitrogens with one attached hydrogen (secondary N) is 1. The first-order valence-electron chi connectivity index (χ1n) is 9.63. The number of hydrogen-bond acceptors (Lipinski definition) is 9. The summed E-state index contributed by atoms with van der Waals surface area (Å²) in [4.78, 5) is 57.9. The number of esters is 1. The lowest BCUT2D eigenvalue weighted by molar-refractivity contribution is -0.150. The summed E-state index contributed by atoms with van der Waals surface area (Å²) in [5.41, 5.74) is -0.427. The quantitative estimate of drug-likeness (QED) is 0.358. The van der Waals surface area contributed by atoms with Gasteiger partial charge in [-0.3, -0.25) is 18.7 Å². The minimum Gasteiger partial charge on any atom is -0.497 e. The van der Waals surface area contributed by atoms with Crippen LogP contribution in [0.25, 0.3) is 0 Å². The number of nitrogens with zero attached hydrogens (tertiary/aromatic N) is 2. The fourth-order valence-corrected chi connectivity index (χ4v) is 3.50. The highest BCUT2D eigenvalue weighted by molar-refractivity contribution is 7.46. The molecule has 178 valence electrons. The Morgan fingerprint density at radius 2 is 1.97 bits per heavy atom. The van der Waals surface area contributed by atoms with E-state index in [9.17, 15) is 18.9 Å². The summed E-state index contributed by atoms with van der Waals surface area (Å²) < 4.78 is 32.3. The van der Waals surface area contributed by atoms with Crippen molar-refractivity contribution in [1.29, 1.82) is 0 Å². The van der Waals surface area contributed by atoms with E-state index in [4.69, 9.17) is 24.0 Å². The van der Waals surface area contributed by atoms with Crippen LogP contribution in [0.5, 0.6) is 5.75 Å². The van der Waals surface area contributed by atoms with Crippen LogP contribution in [0.1, 0.15) is 29.9 Å². The Balaban J connectivity index is 1.71. The molecule has 1 aliphatic rings. The topological polar surface area (TPSA) is 176 Å². The van der Waals surface area contributed by atoms with Crippen molar-refractivity contribution in [2.24, 2.45) is 0 Å². The van der Waals surface area contributed by atoms with Crippen molar-refractivity contribution in [1.82, 2.24) is 9.55 Å². The molecule has 0 unspecified atom stereocenters. The Hall–Kier alpha value is -3.09. The van der Waals surface area contributed by atoms with Crippen molar-refractivity contribution in [3.8, 4) is 5.75 Å². The van der Waals surface area contributed by atoms with E-state index in [-0.39, 0.29) is 12.2 Å². The lowest BCUT2D eigenvalue weighted by atomic mass is 10.2. The summed E-state index contributed by atoms with van der Waals surface area (Å²) in [6.07, 6.45) is -1.51. The number of amides is 1. The predicted octanol–water partition coefficient (Wildman–Crippen LogP) is 0.833. The molecule has 2 aromatic rings. The molecule has 0 bridgehead atoms. The number of methoxy groups -OCH3 is 1. The standard InChI is InChI=1S/C19H22N3O10P/c1-11(23)31-14-9-17(32-15(14)10-30-33(26,27)28)22-8-7-16(21-19(22)25)20-18(24)12-3-5-13(29-2)6-4-12/h3-8,14-15,17H,9-10H2,1-2H3,(H2,26,27,28)(H,20,21,24,25)/t14-,15-,17-/m1/s1. The van der Waals surface area contributed by atoms with E-state index in [0.717, 1.165) is 4.57 Å². The fourth-order valence-electron chi connectivity index (χ4n) is 3.16. The molecule has 2 heterocycles. The van der Waals surface area contributed by atoms with E-state index in [1.807, 2.05) is 0 Å². The highest BCUT2D eigenvalue weighted by Gasteiger charge is 2.40. The first-order chi connectivity index (χ1) is 15.6. The number of carbonyl (C=O) groups is 2. The minimum absolute atomic E-state index is 0.00739. The zero-order valence-electron chi connectivity index (χ0n) is 17.6. The molecule has 3 atom stereocenters. The number of phosphoric ester groups is 1. The summed E-state index contributed by atoms with van der Waals surface area (Å²) in [6, 6.07) is 7.72. The highest BCUT2D eigenvalue weighted by Crippen LogP contribution is 2.38. The van der Waals surface area contributed by atoms with E-state index in [2.05, 4.69) is 14.8 Å². The van der Waals surface area contributed by atoms with Gasteiger partial charge < -0.3 is 29.3 Å². The summed E-state index contributed by atoms with van der Waals surface area (Å²) in [5, 5.41) is 2.51. The highest BCUT2D eigenvalue weighted by atomic mass is 31.2. The van der Waals surface area contributed by atoms with Crippen LogP contribution in [-0.4, -0.2) is 57.1 Å². The van der Waals surface area contributed by atoms with Crippen molar-refractivity contribution < 1.29 is 42.7 Å². The molecule has 3 N–H and O–H groups in total. The maximum Gasteiger partial charge on any atom is 0.469 e.